The van der Waals surface area contributed by atoms with Gasteiger partial charge in [0.15, 0.2) is 0 Å². The average Bonchev–Trinajstić information content (AvgIpc) is 2.64. The van der Waals surface area contributed by atoms with E-state index in [0.717, 1.165) is 18.5 Å². The number of methoxy groups -OCH3 is 1. The highest BCUT2D eigenvalue weighted by atomic mass is 32.2. The molecule has 0 saturated carbocycles. The molecule has 0 aliphatic heterocycles. The first-order chi connectivity index (χ1) is 12.7. The molecule has 144 valence electrons. The molecule has 0 aliphatic rings. The van der Waals surface area contributed by atoms with Crippen LogP contribution in [0.5, 0.6) is 5.75 Å². The molecule has 1 aromatic heterocycles. The minimum Gasteiger partial charge on any atom is -0.496 e. The fourth-order valence-corrected chi connectivity index (χ4v) is 4.23. The van der Waals surface area contributed by atoms with Crippen LogP contribution < -0.4 is 4.74 Å². The maximum absolute atomic E-state index is 13.9. The van der Waals surface area contributed by atoms with E-state index in [2.05, 4.69) is 4.98 Å². The Labute approximate surface area is 154 Å². The van der Waals surface area contributed by atoms with Gasteiger partial charge in [0.25, 0.3) is 0 Å². The summed E-state index contributed by atoms with van der Waals surface area (Å²) in [5.41, 5.74) is -0.407. The zero-order chi connectivity index (χ0) is 20.2. The summed E-state index contributed by atoms with van der Waals surface area (Å²) in [7, 11) is -3.39. The van der Waals surface area contributed by atoms with Crippen LogP contribution >= 0.6 is 0 Å². The summed E-state index contributed by atoms with van der Waals surface area (Å²) in [6.07, 6.45) is -2.87. The lowest BCUT2D eigenvalue weighted by Gasteiger charge is -2.32. The molecule has 1 atom stereocenters. The number of para-hydroxylation sites is 1. The third-order valence-corrected chi connectivity index (χ3v) is 5.70. The molecule has 0 aliphatic carbocycles. The third-order valence-electron chi connectivity index (χ3n) is 3.79. The molecule has 2 rings (SSSR count). The van der Waals surface area contributed by atoms with Gasteiger partial charge < -0.3 is 4.74 Å². The van der Waals surface area contributed by atoms with Gasteiger partial charge in [0.05, 0.1) is 12.7 Å². The van der Waals surface area contributed by atoms with E-state index >= 15 is 0 Å². The molecule has 0 unspecified atom stereocenters. The smallest absolute Gasteiger partial charge is 0.409 e. The number of alkyl halides is 3. The second-order valence-corrected chi connectivity index (χ2v) is 7.31. The number of halogens is 3. The van der Waals surface area contributed by atoms with Crippen molar-refractivity contribution >= 4 is 10.0 Å². The summed E-state index contributed by atoms with van der Waals surface area (Å²) in [5, 5.41) is 8.91. The van der Waals surface area contributed by atoms with Crippen molar-refractivity contribution in [3.05, 3.63) is 53.9 Å². The molecule has 0 radical (unpaired) electrons. The van der Waals surface area contributed by atoms with Crippen molar-refractivity contribution in [2.45, 2.75) is 24.0 Å². The molecule has 0 N–H and O–H groups in total. The van der Waals surface area contributed by atoms with Crippen molar-refractivity contribution in [1.29, 1.82) is 5.26 Å². The normalized spacial score (nSPS) is 13.2. The van der Waals surface area contributed by atoms with Gasteiger partial charge in [-0.25, -0.2) is 8.42 Å². The standard InChI is InChI=1S/C17H16F3N3O3S/c1-3-23(27(24,25)13-8-12(9-21)10-22-11-13)16(17(18,19)20)14-6-4-5-7-15(14)26-2/h4-8,10-11,16H,3H2,1-2H3/t16-/m0/s1. The van der Waals surface area contributed by atoms with Crippen LogP contribution in [0.2, 0.25) is 0 Å². The number of nitrogens with zero attached hydrogens (tertiary/aromatic N) is 3. The van der Waals surface area contributed by atoms with Crippen LogP contribution in [-0.2, 0) is 10.0 Å². The Balaban J connectivity index is 2.67. The highest BCUT2D eigenvalue weighted by molar-refractivity contribution is 7.89. The van der Waals surface area contributed by atoms with Gasteiger partial charge in [-0.2, -0.15) is 22.7 Å². The summed E-state index contributed by atoms with van der Waals surface area (Å²) in [4.78, 5) is 3.14. The predicted molar refractivity (Wildman–Crippen MR) is 90.3 cm³/mol. The summed E-state index contributed by atoms with van der Waals surface area (Å²) in [6, 6.07) is 5.59. The summed E-state index contributed by atoms with van der Waals surface area (Å²) >= 11 is 0. The van der Waals surface area contributed by atoms with Crippen LogP contribution in [0.1, 0.15) is 24.1 Å². The van der Waals surface area contributed by atoms with E-state index in [0.29, 0.717) is 4.31 Å². The lowest BCUT2D eigenvalue weighted by Crippen LogP contribution is -2.42. The molecule has 0 amide bonds. The summed E-state index contributed by atoms with van der Waals surface area (Å²) in [6.45, 7) is 0.842. The number of hydrogen-bond acceptors (Lipinski definition) is 5. The molecule has 1 heterocycles. The topological polar surface area (TPSA) is 83.3 Å². The molecule has 1 aromatic carbocycles. The molecular weight excluding hydrogens is 383 g/mol. The van der Waals surface area contributed by atoms with Gasteiger partial charge in [-0.15, -0.1) is 0 Å². The number of aromatic nitrogens is 1. The second-order valence-electron chi connectivity index (χ2n) is 5.42. The Morgan fingerprint density at radius 2 is 1.96 bits per heavy atom. The van der Waals surface area contributed by atoms with Crippen LogP contribution in [0.15, 0.2) is 47.6 Å². The molecule has 27 heavy (non-hydrogen) atoms. The average molecular weight is 399 g/mol. The molecule has 0 bridgehead atoms. The molecule has 0 spiro atoms. The van der Waals surface area contributed by atoms with E-state index < -0.39 is 33.7 Å². The van der Waals surface area contributed by atoms with Gasteiger partial charge in [0, 0.05) is 24.5 Å². The zero-order valence-corrected chi connectivity index (χ0v) is 15.3. The number of ether oxygens (including phenoxy) is 1. The number of hydrogen-bond donors (Lipinski definition) is 0. The number of rotatable bonds is 6. The van der Waals surface area contributed by atoms with Crippen LogP contribution in [0.4, 0.5) is 13.2 Å². The number of benzene rings is 1. The van der Waals surface area contributed by atoms with E-state index in [1.54, 1.807) is 6.07 Å². The van der Waals surface area contributed by atoms with Crippen LogP contribution in [-0.4, -0.2) is 37.5 Å². The molecule has 0 saturated heterocycles. The predicted octanol–water partition coefficient (Wildman–Crippen LogP) is 3.28. The molecule has 0 fully saturated rings. The molecular formula is C17H16F3N3O3S. The first-order valence-electron chi connectivity index (χ1n) is 7.73. The highest BCUT2D eigenvalue weighted by Gasteiger charge is 2.49. The minimum atomic E-state index is -4.90. The van der Waals surface area contributed by atoms with Crippen molar-refractivity contribution < 1.29 is 26.3 Å². The van der Waals surface area contributed by atoms with Crippen molar-refractivity contribution in [2.24, 2.45) is 0 Å². The largest absolute Gasteiger partial charge is 0.496 e. The Morgan fingerprint density at radius 3 is 2.52 bits per heavy atom. The van der Waals surface area contributed by atoms with E-state index in [-0.39, 0.29) is 16.9 Å². The fourth-order valence-electron chi connectivity index (χ4n) is 2.63. The lowest BCUT2D eigenvalue weighted by atomic mass is 10.1. The van der Waals surface area contributed by atoms with Gasteiger partial charge in [0.1, 0.15) is 22.8 Å². The number of nitriles is 1. The molecule has 10 heteroatoms. The van der Waals surface area contributed by atoms with Gasteiger partial charge >= 0.3 is 6.18 Å². The monoisotopic (exact) mass is 399 g/mol. The maximum atomic E-state index is 13.9. The SMILES string of the molecule is CCN([C@@H](c1ccccc1OC)C(F)(F)F)S(=O)(=O)c1cncc(C#N)c1. The van der Waals surface area contributed by atoms with Crippen LogP contribution in [0.25, 0.3) is 0 Å². The maximum Gasteiger partial charge on any atom is 0.409 e. The van der Waals surface area contributed by atoms with Crippen molar-refractivity contribution in [1.82, 2.24) is 9.29 Å². The van der Waals surface area contributed by atoms with Crippen molar-refractivity contribution in [2.75, 3.05) is 13.7 Å². The minimum absolute atomic E-state index is 0.0759. The summed E-state index contributed by atoms with van der Waals surface area (Å²) < 4.78 is 72.9. The van der Waals surface area contributed by atoms with Gasteiger partial charge in [0.2, 0.25) is 10.0 Å². The van der Waals surface area contributed by atoms with Crippen molar-refractivity contribution in [3.63, 3.8) is 0 Å². The van der Waals surface area contributed by atoms with Crippen LogP contribution in [0.3, 0.4) is 0 Å². The van der Waals surface area contributed by atoms with E-state index in [1.165, 1.54) is 38.3 Å². The third kappa shape index (κ3) is 4.20. The highest BCUT2D eigenvalue weighted by Crippen LogP contribution is 2.43. The van der Waals surface area contributed by atoms with Crippen LogP contribution in [0, 0.1) is 11.3 Å². The number of sulfonamides is 1. The fraction of sp³-hybridized carbons (Fsp3) is 0.294. The number of pyridine rings is 1. The van der Waals surface area contributed by atoms with E-state index in [4.69, 9.17) is 10.00 Å². The van der Waals surface area contributed by atoms with Gasteiger partial charge in [-0.3, -0.25) is 4.98 Å². The Morgan fingerprint density at radius 1 is 1.30 bits per heavy atom. The lowest BCUT2D eigenvalue weighted by molar-refractivity contribution is -0.173. The molecule has 2 aromatic rings. The van der Waals surface area contributed by atoms with E-state index in [1.807, 2.05) is 0 Å². The zero-order valence-electron chi connectivity index (χ0n) is 14.4. The molecule has 6 nitrogen and oxygen atoms in total. The van der Waals surface area contributed by atoms with Crippen molar-refractivity contribution in [3.8, 4) is 11.8 Å². The summed E-state index contributed by atoms with van der Waals surface area (Å²) in [5.74, 6) is -0.0858. The van der Waals surface area contributed by atoms with Gasteiger partial charge in [-0.05, 0) is 12.1 Å². The van der Waals surface area contributed by atoms with Gasteiger partial charge in [-0.1, -0.05) is 25.1 Å². The Hall–Kier alpha value is -2.64. The Kier molecular flexibility index (Phi) is 6.08. The van der Waals surface area contributed by atoms with E-state index in [9.17, 15) is 21.6 Å². The second kappa shape index (κ2) is 7.94. The Bertz CT molecular complexity index is 956. The first-order valence-corrected chi connectivity index (χ1v) is 9.17. The first kappa shape index (κ1) is 20.7. The quantitative estimate of drug-likeness (QED) is 0.744.